The molecule has 0 amide bonds. The van der Waals surface area contributed by atoms with Crippen LogP contribution in [0.4, 0.5) is 0 Å². The molecule has 2 unspecified atom stereocenters. The summed E-state index contributed by atoms with van der Waals surface area (Å²) in [4.78, 5) is 14.6. The van der Waals surface area contributed by atoms with Crippen molar-refractivity contribution in [2.45, 2.75) is 58.9 Å². The van der Waals surface area contributed by atoms with Gasteiger partial charge in [-0.2, -0.15) is 0 Å². The first-order valence-corrected chi connectivity index (χ1v) is 8.20. The number of hydrogen-bond acceptors (Lipinski definition) is 4. The van der Waals surface area contributed by atoms with Gasteiger partial charge in [0.25, 0.3) is 0 Å². The lowest BCUT2D eigenvalue weighted by Gasteiger charge is -2.29. The molecule has 1 aliphatic heterocycles. The topological polar surface area (TPSA) is 41.6 Å². The minimum Gasteiger partial charge on any atom is -0.465 e. The minimum absolute atomic E-state index is 0.116. The Balaban J connectivity index is 2.37. The van der Waals surface area contributed by atoms with E-state index in [-0.39, 0.29) is 5.97 Å². The Labute approximate surface area is 124 Å². The van der Waals surface area contributed by atoms with E-state index in [1.54, 1.807) is 0 Å². The standard InChI is InChI=1S/C16H32N2O2/c1-5-14-9-12-18(13-14)11-8-10-16(4,17-6-2)15(19)20-7-3/h14,17H,5-13H2,1-4H3. The van der Waals surface area contributed by atoms with E-state index in [1.165, 1.54) is 25.9 Å². The van der Waals surface area contributed by atoms with Gasteiger partial charge >= 0.3 is 5.97 Å². The van der Waals surface area contributed by atoms with Crippen LogP contribution in [0.3, 0.4) is 0 Å². The van der Waals surface area contributed by atoms with Gasteiger partial charge in [0.15, 0.2) is 0 Å². The fraction of sp³-hybridized carbons (Fsp3) is 0.938. The molecule has 1 N–H and O–H groups in total. The van der Waals surface area contributed by atoms with E-state index in [0.29, 0.717) is 6.61 Å². The molecule has 1 fully saturated rings. The van der Waals surface area contributed by atoms with Crippen LogP contribution >= 0.6 is 0 Å². The summed E-state index contributed by atoms with van der Waals surface area (Å²) in [5, 5.41) is 3.30. The summed E-state index contributed by atoms with van der Waals surface area (Å²) in [5.41, 5.74) is -0.533. The predicted octanol–water partition coefficient (Wildman–Crippen LogP) is 2.43. The lowest BCUT2D eigenvalue weighted by Crippen LogP contribution is -2.50. The van der Waals surface area contributed by atoms with Gasteiger partial charge in [-0.3, -0.25) is 4.79 Å². The Morgan fingerprint density at radius 1 is 1.40 bits per heavy atom. The van der Waals surface area contributed by atoms with Gasteiger partial charge < -0.3 is 15.0 Å². The van der Waals surface area contributed by atoms with E-state index < -0.39 is 5.54 Å². The van der Waals surface area contributed by atoms with Crippen molar-refractivity contribution in [2.24, 2.45) is 5.92 Å². The van der Waals surface area contributed by atoms with Gasteiger partial charge in [0.1, 0.15) is 5.54 Å². The first-order chi connectivity index (χ1) is 9.55. The smallest absolute Gasteiger partial charge is 0.326 e. The largest absolute Gasteiger partial charge is 0.465 e. The molecular formula is C16H32N2O2. The molecule has 1 aliphatic rings. The third-order valence-electron chi connectivity index (χ3n) is 4.39. The number of hydrogen-bond donors (Lipinski definition) is 1. The lowest BCUT2D eigenvalue weighted by atomic mass is 9.95. The molecule has 1 saturated heterocycles. The van der Waals surface area contributed by atoms with Gasteiger partial charge in [0, 0.05) is 6.54 Å². The normalized spacial score (nSPS) is 22.7. The zero-order valence-electron chi connectivity index (χ0n) is 13.7. The number of esters is 1. The highest BCUT2D eigenvalue weighted by Gasteiger charge is 2.33. The monoisotopic (exact) mass is 284 g/mol. The quantitative estimate of drug-likeness (QED) is 0.660. The number of carbonyl (C=O) groups is 1. The van der Waals surface area contributed by atoms with Gasteiger partial charge in [-0.1, -0.05) is 20.3 Å². The summed E-state index contributed by atoms with van der Waals surface area (Å²) in [7, 11) is 0. The van der Waals surface area contributed by atoms with Crippen LogP contribution in [0.25, 0.3) is 0 Å². The highest BCUT2D eigenvalue weighted by atomic mass is 16.5. The summed E-state index contributed by atoms with van der Waals surface area (Å²) < 4.78 is 5.20. The molecule has 0 bridgehead atoms. The molecule has 0 aromatic heterocycles. The number of likely N-dealkylation sites (tertiary alicyclic amines) is 1. The van der Waals surface area contributed by atoms with Crippen molar-refractivity contribution < 1.29 is 9.53 Å². The summed E-state index contributed by atoms with van der Waals surface area (Å²) >= 11 is 0. The van der Waals surface area contributed by atoms with Crippen LogP contribution in [0.15, 0.2) is 0 Å². The van der Waals surface area contributed by atoms with Crippen molar-refractivity contribution in [3.63, 3.8) is 0 Å². The molecule has 1 heterocycles. The Kier molecular flexibility index (Phi) is 7.52. The third kappa shape index (κ3) is 5.06. The van der Waals surface area contributed by atoms with Gasteiger partial charge in [0.2, 0.25) is 0 Å². The average Bonchev–Trinajstić information content (AvgIpc) is 2.87. The van der Waals surface area contributed by atoms with Crippen LogP contribution in [0.5, 0.6) is 0 Å². The molecule has 0 radical (unpaired) electrons. The highest BCUT2D eigenvalue weighted by molar-refractivity contribution is 5.80. The number of likely N-dealkylation sites (N-methyl/N-ethyl adjacent to an activating group) is 1. The van der Waals surface area contributed by atoms with E-state index in [0.717, 1.165) is 31.8 Å². The van der Waals surface area contributed by atoms with E-state index in [9.17, 15) is 4.79 Å². The molecule has 0 aromatic carbocycles. The molecular weight excluding hydrogens is 252 g/mol. The van der Waals surface area contributed by atoms with Crippen molar-refractivity contribution in [1.82, 2.24) is 10.2 Å². The highest BCUT2D eigenvalue weighted by Crippen LogP contribution is 2.21. The molecule has 1 rings (SSSR count). The molecule has 2 atom stereocenters. The first-order valence-electron chi connectivity index (χ1n) is 8.20. The van der Waals surface area contributed by atoms with Gasteiger partial charge in [-0.15, -0.1) is 0 Å². The van der Waals surface area contributed by atoms with Crippen LogP contribution in [-0.2, 0) is 9.53 Å². The second kappa shape index (κ2) is 8.63. The van der Waals surface area contributed by atoms with Crippen molar-refractivity contribution in [3.05, 3.63) is 0 Å². The Bertz CT molecular complexity index is 296. The number of nitrogens with one attached hydrogen (secondary N) is 1. The van der Waals surface area contributed by atoms with Crippen molar-refractivity contribution >= 4 is 5.97 Å². The first kappa shape index (κ1) is 17.4. The molecule has 0 aliphatic carbocycles. The van der Waals surface area contributed by atoms with Gasteiger partial charge in [-0.25, -0.2) is 0 Å². The molecule has 0 saturated carbocycles. The minimum atomic E-state index is -0.533. The maximum atomic E-state index is 12.1. The molecule has 4 heteroatoms. The van der Waals surface area contributed by atoms with E-state index in [1.807, 2.05) is 20.8 Å². The molecule has 20 heavy (non-hydrogen) atoms. The summed E-state index contributed by atoms with van der Waals surface area (Å²) in [6, 6.07) is 0. The van der Waals surface area contributed by atoms with Crippen molar-refractivity contribution in [2.75, 3.05) is 32.8 Å². The van der Waals surface area contributed by atoms with Crippen LogP contribution < -0.4 is 5.32 Å². The van der Waals surface area contributed by atoms with Crippen LogP contribution in [-0.4, -0.2) is 49.2 Å². The predicted molar refractivity (Wildman–Crippen MR) is 82.8 cm³/mol. The van der Waals surface area contributed by atoms with Crippen LogP contribution in [0, 0.1) is 5.92 Å². The molecule has 4 nitrogen and oxygen atoms in total. The number of ether oxygens (including phenoxy) is 1. The Morgan fingerprint density at radius 3 is 2.70 bits per heavy atom. The Morgan fingerprint density at radius 2 is 2.15 bits per heavy atom. The molecule has 118 valence electrons. The molecule has 0 spiro atoms. The maximum Gasteiger partial charge on any atom is 0.326 e. The summed E-state index contributed by atoms with van der Waals surface area (Å²) in [6.07, 6.45) is 4.50. The van der Waals surface area contributed by atoms with Gasteiger partial charge in [0.05, 0.1) is 6.61 Å². The van der Waals surface area contributed by atoms with E-state index in [4.69, 9.17) is 4.74 Å². The number of rotatable bonds is 9. The Hall–Kier alpha value is -0.610. The number of nitrogens with zero attached hydrogens (tertiary/aromatic N) is 1. The average molecular weight is 284 g/mol. The van der Waals surface area contributed by atoms with Crippen LogP contribution in [0.2, 0.25) is 0 Å². The maximum absolute atomic E-state index is 12.1. The second-order valence-electron chi connectivity index (χ2n) is 6.05. The fourth-order valence-electron chi connectivity index (χ4n) is 3.05. The van der Waals surface area contributed by atoms with Crippen molar-refractivity contribution in [1.29, 1.82) is 0 Å². The summed E-state index contributed by atoms with van der Waals surface area (Å²) in [5.74, 6) is 0.759. The molecule has 0 aromatic rings. The lowest BCUT2D eigenvalue weighted by molar-refractivity contribution is -0.150. The zero-order chi connectivity index (χ0) is 15.0. The van der Waals surface area contributed by atoms with E-state index in [2.05, 4.69) is 17.1 Å². The fourth-order valence-corrected chi connectivity index (χ4v) is 3.05. The zero-order valence-corrected chi connectivity index (χ0v) is 13.7. The summed E-state index contributed by atoms with van der Waals surface area (Å²) in [6.45, 7) is 12.9. The van der Waals surface area contributed by atoms with Crippen LogP contribution in [0.1, 0.15) is 53.4 Å². The van der Waals surface area contributed by atoms with Crippen molar-refractivity contribution in [3.8, 4) is 0 Å². The van der Waals surface area contributed by atoms with Gasteiger partial charge in [-0.05, 0) is 58.7 Å². The number of carbonyl (C=O) groups excluding carboxylic acids is 1. The van der Waals surface area contributed by atoms with E-state index >= 15 is 0 Å². The SMILES string of the molecule is CCNC(C)(CCCN1CCC(CC)C1)C(=O)OCC. The third-order valence-corrected chi connectivity index (χ3v) is 4.39. The second-order valence-corrected chi connectivity index (χ2v) is 6.05.